The van der Waals surface area contributed by atoms with Crippen LogP contribution in [0.25, 0.3) is 0 Å². The molecule has 0 saturated carbocycles. The molecule has 1 amide bonds. The SMILES string of the molecule is CCN(C(=O)OCc1ccccc1)c1ccc(C(F)(F)F)cc1CN(Cc1cc(C(F)(F)F)cc(C(F)(F)F)c1)c1ncc(Br)cn1. The Bertz CT molecular complexity index is 1650. The van der Waals surface area contributed by atoms with Gasteiger partial charge >= 0.3 is 24.6 Å². The normalized spacial score (nSPS) is 12.1. The number of carbonyl (C=O) groups is 1. The summed E-state index contributed by atoms with van der Waals surface area (Å²) in [6, 6.07) is 12.1. The monoisotopic (exact) mass is 734 g/mol. The second kappa shape index (κ2) is 14.2. The van der Waals surface area contributed by atoms with Crippen molar-refractivity contribution >= 4 is 33.7 Å². The summed E-state index contributed by atoms with van der Waals surface area (Å²) >= 11 is 3.13. The number of hydrogen-bond donors (Lipinski definition) is 0. The Morgan fingerprint density at radius 3 is 1.85 bits per heavy atom. The Hall–Kier alpha value is -4.34. The third kappa shape index (κ3) is 9.36. The van der Waals surface area contributed by atoms with E-state index in [-0.39, 0.29) is 36.4 Å². The molecule has 16 heteroatoms. The zero-order valence-electron chi connectivity index (χ0n) is 24.2. The molecule has 0 unspecified atom stereocenters. The van der Waals surface area contributed by atoms with Gasteiger partial charge in [0.05, 0.1) is 26.9 Å². The van der Waals surface area contributed by atoms with Crippen molar-refractivity contribution in [2.24, 2.45) is 0 Å². The van der Waals surface area contributed by atoms with Gasteiger partial charge in [-0.1, -0.05) is 30.3 Å². The molecule has 0 radical (unpaired) electrons. The highest BCUT2D eigenvalue weighted by molar-refractivity contribution is 9.10. The number of carbonyl (C=O) groups excluding carboxylic acids is 1. The van der Waals surface area contributed by atoms with Crippen LogP contribution in [0.15, 0.2) is 83.6 Å². The zero-order valence-corrected chi connectivity index (χ0v) is 25.8. The maximum atomic E-state index is 13.9. The van der Waals surface area contributed by atoms with Gasteiger partial charge in [0.1, 0.15) is 6.61 Å². The molecular formula is C31H24BrF9N4O2. The Kier molecular flexibility index (Phi) is 10.7. The first-order valence-electron chi connectivity index (χ1n) is 13.6. The molecule has 47 heavy (non-hydrogen) atoms. The highest BCUT2D eigenvalue weighted by Crippen LogP contribution is 2.38. The van der Waals surface area contributed by atoms with Crippen molar-refractivity contribution in [1.29, 1.82) is 0 Å². The Morgan fingerprint density at radius 1 is 0.745 bits per heavy atom. The van der Waals surface area contributed by atoms with Crippen LogP contribution in [0.5, 0.6) is 0 Å². The molecule has 0 spiro atoms. The van der Waals surface area contributed by atoms with Gasteiger partial charge in [0.25, 0.3) is 0 Å². The topological polar surface area (TPSA) is 58.6 Å². The van der Waals surface area contributed by atoms with E-state index in [1.807, 2.05) is 0 Å². The van der Waals surface area contributed by atoms with Crippen molar-refractivity contribution in [1.82, 2.24) is 9.97 Å². The Balaban J connectivity index is 1.79. The number of rotatable bonds is 9. The highest BCUT2D eigenvalue weighted by atomic mass is 79.9. The zero-order chi connectivity index (χ0) is 34.6. The van der Waals surface area contributed by atoms with Crippen molar-refractivity contribution in [3.63, 3.8) is 0 Å². The first kappa shape index (κ1) is 35.5. The Morgan fingerprint density at radius 2 is 1.32 bits per heavy atom. The molecule has 4 aromatic rings. The molecule has 1 aromatic heterocycles. The molecule has 1 heterocycles. The van der Waals surface area contributed by atoms with Crippen LogP contribution in [-0.2, 0) is 43.0 Å². The molecule has 0 aliphatic heterocycles. The average molecular weight is 735 g/mol. The predicted octanol–water partition coefficient (Wildman–Crippen LogP) is 9.67. The van der Waals surface area contributed by atoms with Crippen molar-refractivity contribution < 1.29 is 49.0 Å². The van der Waals surface area contributed by atoms with Crippen LogP contribution in [0, 0.1) is 0 Å². The van der Waals surface area contributed by atoms with Gasteiger partial charge in [-0.15, -0.1) is 0 Å². The molecule has 250 valence electrons. The molecule has 4 rings (SSSR count). The molecule has 3 aromatic carbocycles. The van der Waals surface area contributed by atoms with E-state index >= 15 is 0 Å². The van der Waals surface area contributed by atoms with E-state index in [0.717, 1.165) is 28.0 Å². The standard InChI is InChI=1S/C31H24BrF9N4O2/c1-2-45(28(46)47-18-19-6-4-3-5-7-19)26-9-8-22(29(33,34)35)12-21(26)17-44(27-42-14-25(32)15-43-27)16-20-10-23(30(36,37)38)13-24(11-20)31(39,40)41/h3-15H,2,16-18H2,1H3. The number of nitrogens with zero attached hydrogens (tertiary/aromatic N) is 4. The minimum absolute atomic E-state index is 0.0327. The van der Waals surface area contributed by atoms with Gasteiger partial charge in [-0.25, -0.2) is 14.8 Å². The summed E-state index contributed by atoms with van der Waals surface area (Å²) in [6.45, 7) is 0.0728. The molecule has 0 fully saturated rings. The number of aromatic nitrogens is 2. The van der Waals surface area contributed by atoms with E-state index < -0.39 is 60.0 Å². The summed E-state index contributed by atoms with van der Waals surface area (Å²) in [5, 5.41) is 0. The van der Waals surface area contributed by atoms with E-state index in [4.69, 9.17) is 4.74 Å². The number of amides is 1. The van der Waals surface area contributed by atoms with Crippen LogP contribution >= 0.6 is 15.9 Å². The van der Waals surface area contributed by atoms with Gasteiger partial charge in [0, 0.05) is 32.0 Å². The van der Waals surface area contributed by atoms with E-state index in [2.05, 4.69) is 25.9 Å². The summed E-state index contributed by atoms with van der Waals surface area (Å²) in [4.78, 5) is 23.5. The molecule has 0 bridgehead atoms. The molecule has 0 saturated heterocycles. The third-order valence-corrected chi connectivity index (χ3v) is 7.12. The summed E-state index contributed by atoms with van der Waals surface area (Å²) in [7, 11) is 0. The first-order chi connectivity index (χ1) is 22.0. The molecule has 6 nitrogen and oxygen atoms in total. The number of alkyl halides is 9. The maximum Gasteiger partial charge on any atom is 0.416 e. The van der Waals surface area contributed by atoms with E-state index in [1.54, 1.807) is 37.3 Å². The minimum Gasteiger partial charge on any atom is -0.444 e. The fourth-order valence-electron chi connectivity index (χ4n) is 4.55. The largest absolute Gasteiger partial charge is 0.444 e. The van der Waals surface area contributed by atoms with Crippen molar-refractivity contribution in [3.05, 3.63) is 117 Å². The van der Waals surface area contributed by atoms with Crippen LogP contribution in [0.4, 0.5) is 55.9 Å². The lowest BCUT2D eigenvalue weighted by Gasteiger charge is -2.28. The van der Waals surface area contributed by atoms with Crippen molar-refractivity contribution in [2.45, 2.75) is 45.1 Å². The van der Waals surface area contributed by atoms with Crippen LogP contribution < -0.4 is 9.80 Å². The fraction of sp³-hybridized carbons (Fsp3) is 0.258. The van der Waals surface area contributed by atoms with Gasteiger partial charge in [-0.3, -0.25) is 4.90 Å². The lowest BCUT2D eigenvalue weighted by Crippen LogP contribution is -2.33. The summed E-state index contributed by atoms with van der Waals surface area (Å²) in [5.41, 5.74) is -4.29. The summed E-state index contributed by atoms with van der Waals surface area (Å²) < 4.78 is 129. The maximum absolute atomic E-state index is 13.9. The van der Waals surface area contributed by atoms with Crippen LogP contribution in [0.2, 0.25) is 0 Å². The van der Waals surface area contributed by atoms with Gasteiger partial charge in [0.2, 0.25) is 5.95 Å². The van der Waals surface area contributed by atoms with E-state index in [1.165, 1.54) is 12.4 Å². The van der Waals surface area contributed by atoms with Crippen LogP contribution in [0.1, 0.15) is 40.3 Å². The smallest absolute Gasteiger partial charge is 0.416 e. The number of hydrogen-bond acceptors (Lipinski definition) is 5. The van der Waals surface area contributed by atoms with Crippen molar-refractivity contribution in [2.75, 3.05) is 16.3 Å². The summed E-state index contributed by atoms with van der Waals surface area (Å²) in [6.07, 6.45) is -13.5. The van der Waals surface area contributed by atoms with Crippen LogP contribution in [-0.4, -0.2) is 22.6 Å². The summed E-state index contributed by atoms with van der Waals surface area (Å²) in [5.74, 6) is -0.225. The van der Waals surface area contributed by atoms with E-state index in [9.17, 15) is 44.3 Å². The number of ether oxygens (including phenoxy) is 1. The third-order valence-electron chi connectivity index (χ3n) is 6.71. The number of benzene rings is 3. The van der Waals surface area contributed by atoms with Gasteiger partial charge in [0.15, 0.2) is 0 Å². The molecule has 0 aliphatic rings. The molecular weight excluding hydrogens is 711 g/mol. The van der Waals surface area contributed by atoms with Gasteiger partial charge < -0.3 is 9.64 Å². The highest BCUT2D eigenvalue weighted by Gasteiger charge is 2.37. The lowest BCUT2D eigenvalue weighted by molar-refractivity contribution is -0.143. The quantitative estimate of drug-likeness (QED) is 0.160. The number of anilines is 2. The molecule has 0 aliphatic carbocycles. The van der Waals surface area contributed by atoms with Crippen LogP contribution in [0.3, 0.4) is 0 Å². The second-order valence-corrected chi connectivity index (χ2v) is 11.0. The van der Waals surface area contributed by atoms with Gasteiger partial charge in [-0.05, 0) is 75.9 Å². The Labute approximate surface area is 270 Å². The first-order valence-corrected chi connectivity index (χ1v) is 14.4. The lowest BCUT2D eigenvalue weighted by atomic mass is 10.0. The average Bonchev–Trinajstić information content (AvgIpc) is 3.00. The fourth-order valence-corrected chi connectivity index (χ4v) is 4.75. The number of halogens is 10. The minimum atomic E-state index is -5.13. The van der Waals surface area contributed by atoms with Crippen molar-refractivity contribution in [3.8, 4) is 0 Å². The molecule has 0 N–H and O–H groups in total. The second-order valence-electron chi connectivity index (χ2n) is 10.1. The predicted molar refractivity (Wildman–Crippen MR) is 157 cm³/mol. The van der Waals surface area contributed by atoms with Gasteiger partial charge in [-0.2, -0.15) is 39.5 Å². The van der Waals surface area contributed by atoms with E-state index in [0.29, 0.717) is 22.2 Å². The molecule has 0 atom stereocenters.